The highest BCUT2D eigenvalue weighted by atomic mass is 16.5. The van der Waals surface area contributed by atoms with Crippen molar-refractivity contribution >= 4 is 22.9 Å². The fourth-order valence-corrected chi connectivity index (χ4v) is 3.59. The number of nitriles is 1. The van der Waals surface area contributed by atoms with E-state index in [0.717, 1.165) is 27.7 Å². The van der Waals surface area contributed by atoms with Gasteiger partial charge in [-0.15, -0.1) is 0 Å². The summed E-state index contributed by atoms with van der Waals surface area (Å²) >= 11 is 0. The van der Waals surface area contributed by atoms with Crippen molar-refractivity contribution in [3.63, 3.8) is 0 Å². The van der Waals surface area contributed by atoms with E-state index in [1.807, 2.05) is 48.5 Å². The molecule has 1 fully saturated rings. The number of aromatic amines is 1. The molecule has 6 heteroatoms. The van der Waals surface area contributed by atoms with E-state index in [9.17, 15) is 10.1 Å². The van der Waals surface area contributed by atoms with E-state index in [2.05, 4.69) is 11.1 Å². The number of nitrogens with one attached hydrogen (secondary N) is 1. The summed E-state index contributed by atoms with van der Waals surface area (Å²) in [6.45, 7) is 1.96. The number of ether oxygens (including phenoxy) is 2. The van der Waals surface area contributed by atoms with Crippen LogP contribution in [0.25, 0.3) is 28.2 Å². The average Bonchev–Trinajstić information content (AvgIpc) is 3.16. The van der Waals surface area contributed by atoms with Crippen LogP contribution in [-0.2, 0) is 9.53 Å². The van der Waals surface area contributed by atoms with Gasteiger partial charge in [-0.05, 0) is 17.7 Å². The molecule has 0 bridgehead atoms. The number of benzene rings is 2. The Balaban J connectivity index is 1.88. The van der Waals surface area contributed by atoms with Crippen molar-refractivity contribution in [2.24, 2.45) is 0 Å². The Morgan fingerprint density at radius 3 is 2.62 bits per heavy atom. The predicted octanol–water partition coefficient (Wildman–Crippen LogP) is 3.61. The molecule has 4 rings (SSSR count). The average molecular weight is 387 g/mol. The van der Waals surface area contributed by atoms with Gasteiger partial charge in [0.1, 0.15) is 17.4 Å². The van der Waals surface area contributed by atoms with Crippen molar-refractivity contribution < 1.29 is 14.3 Å². The molecule has 3 aromatic rings. The van der Waals surface area contributed by atoms with Gasteiger partial charge in [0.25, 0.3) is 5.91 Å². The molecule has 29 heavy (non-hydrogen) atoms. The second-order valence-corrected chi connectivity index (χ2v) is 6.74. The molecule has 0 radical (unpaired) electrons. The quantitative estimate of drug-likeness (QED) is 0.548. The number of amides is 1. The van der Waals surface area contributed by atoms with Crippen molar-refractivity contribution in [2.45, 2.75) is 0 Å². The van der Waals surface area contributed by atoms with E-state index < -0.39 is 0 Å². The summed E-state index contributed by atoms with van der Waals surface area (Å²) in [6, 6.07) is 17.7. The molecule has 0 aliphatic carbocycles. The number of H-pyrrole nitrogens is 1. The highest BCUT2D eigenvalue weighted by Gasteiger charge is 2.22. The Bertz CT molecular complexity index is 1100. The number of hydrogen-bond donors (Lipinski definition) is 1. The van der Waals surface area contributed by atoms with E-state index in [-0.39, 0.29) is 11.5 Å². The Morgan fingerprint density at radius 2 is 1.93 bits per heavy atom. The van der Waals surface area contributed by atoms with Gasteiger partial charge >= 0.3 is 0 Å². The van der Waals surface area contributed by atoms with Crippen LogP contribution >= 0.6 is 0 Å². The van der Waals surface area contributed by atoms with E-state index in [0.29, 0.717) is 32.1 Å². The van der Waals surface area contributed by atoms with Crippen LogP contribution in [0.15, 0.2) is 54.1 Å². The predicted molar refractivity (Wildman–Crippen MR) is 111 cm³/mol. The number of morpholine rings is 1. The molecular weight excluding hydrogens is 366 g/mol. The zero-order valence-corrected chi connectivity index (χ0v) is 16.1. The number of aromatic nitrogens is 1. The minimum Gasteiger partial charge on any atom is -0.495 e. The Kier molecular flexibility index (Phi) is 5.32. The molecule has 1 saturated heterocycles. The topological polar surface area (TPSA) is 78.3 Å². The maximum Gasteiger partial charge on any atom is 0.264 e. The van der Waals surface area contributed by atoms with E-state index >= 15 is 0 Å². The smallest absolute Gasteiger partial charge is 0.264 e. The first-order valence-corrected chi connectivity index (χ1v) is 9.46. The molecule has 1 N–H and O–H groups in total. The fourth-order valence-electron chi connectivity index (χ4n) is 3.59. The van der Waals surface area contributed by atoms with Crippen molar-refractivity contribution in [1.82, 2.24) is 9.88 Å². The van der Waals surface area contributed by atoms with Crippen LogP contribution in [0.4, 0.5) is 0 Å². The van der Waals surface area contributed by atoms with Gasteiger partial charge in [-0.3, -0.25) is 4.79 Å². The van der Waals surface area contributed by atoms with Crippen molar-refractivity contribution in [2.75, 3.05) is 33.4 Å². The van der Waals surface area contributed by atoms with Crippen LogP contribution in [0.3, 0.4) is 0 Å². The Hall–Kier alpha value is -3.56. The second kappa shape index (κ2) is 8.21. The first-order chi connectivity index (χ1) is 14.2. The maximum atomic E-state index is 12.9. The number of fused-ring (bicyclic) bond motifs is 1. The van der Waals surface area contributed by atoms with Gasteiger partial charge < -0.3 is 19.4 Å². The third-order valence-corrected chi connectivity index (χ3v) is 5.06. The highest BCUT2D eigenvalue weighted by molar-refractivity contribution is 6.07. The molecule has 1 aromatic heterocycles. The zero-order chi connectivity index (χ0) is 20.2. The van der Waals surface area contributed by atoms with Gasteiger partial charge in [-0.1, -0.05) is 42.5 Å². The van der Waals surface area contributed by atoms with E-state index in [1.54, 1.807) is 18.1 Å². The Morgan fingerprint density at radius 1 is 1.17 bits per heavy atom. The van der Waals surface area contributed by atoms with Crippen LogP contribution in [-0.4, -0.2) is 49.2 Å². The number of carbonyl (C=O) groups is 1. The monoisotopic (exact) mass is 387 g/mol. The standard InChI is InChI=1S/C23H21N3O3/c1-28-20-9-5-8-18-19(21(25-22(18)20)16-6-3-2-4-7-16)14-17(15-24)23(27)26-10-12-29-13-11-26/h2-9,14,25H,10-13H2,1H3/b17-14+. The third-order valence-electron chi connectivity index (χ3n) is 5.06. The number of methoxy groups -OCH3 is 1. The van der Waals surface area contributed by atoms with E-state index in [1.165, 1.54) is 0 Å². The van der Waals surface area contributed by atoms with Gasteiger partial charge in [-0.25, -0.2) is 0 Å². The lowest BCUT2D eigenvalue weighted by atomic mass is 10.0. The third kappa shape index (κ3) is 3.60. The summed E-state index contributed by atoms with van der Waals surface area (Å²) in [5.41, 5.74) is 3.54. The first-order valence-electron chi connectivity index (χ1n) is 9.46. The number of carbonyl (C=O) groups excluding carboxylic acids is 1. The lowest BCUT2D eigenvalue weighted by Crippen LogP contribution is -2.41. The van der Waals surface area contributed by atoms with Crippen LogP contribution in [0.5, 0.6) is 5.75 Å². The minimum absolute atomic E-state index is 0.104. The van der Waals surface area contributed by atoms with Gasteiger partial charge in [-0.2, -0.15) is 5.26 Å². The molecule has 2 aromatic carbocycles. The largest absolute Gasteiger partial charge is 0.495 e. The van der Waals surface area contributed by atoms with Gasteiger partial charge in [0.05, 0.1) is 31.5 Å². The SMILES string of the molecule is COc1cccc2c(/C=C(\C#N)C(=O)N3CCOCC3)c(-c3ccccc3)[nH]c12. The number of nitrogens with zero attached hydrogens (tertiary/aromatic N) is 2. The summed E-state index contributed by atoms with van der Waals surface area (Å²) in [5.74, 6) is 0.435. The zero-order valence-electron chi connectivity index (χ0n) is 16.1. The highest BCUT2D eigenvalue weighted by Crippen LogP contribution is 2.36. The molecule has 1 aliphatic heterocycles. The molecule has 1 amide bonds. The van der Waals surface area contributed by atoms with Crippen LogP contribution in [0.2, 0.25) is 0 Å². The maximum absolute atomic E-state index is 12.9. The molecule has 0 saturated carbocycles. The van der Waals surface area contributed by atoms with Crippen LogP contribution in [0, 0.1) is 11.3 Å². The second-order valence-electron chi connectivity index (χ2n) is 6.74. The lowest BCUT2D eigenvalue weighted by Gasteiger charge is -2.26. The molecule has 0 atom stereocenters. The summed E-state index contributed by atoms with van der Waals surface area (Å²) in [7, 11) is 1.62. The molecule has 0 spiro atoms. The molecule has 146 valence electrons. The molecule has 6 nitrogen and oxygen atoms in total. The Labute approximate surface area is 169 Å². The summed E-state index contributed by atoms with van der Waals surface area (Å²) in [4.78, 5) is 18.0. The van der Waals surface area contributed by atoms with Crippen molar-refractivity contribution in [1.29, 1.82) is 5.26 Å². The van der Waals surface area contributed by atoms with Crippen LogP contribution < -0.4 is 4.74 Å². The van der Waals surface area contributed by atoms with Gasteiger partial charge in [0, 0.05) is 24.0 Å². The number of para-hydroxylation sites is 1. The first kappa shape index (κ1) is 18.8. The molecule has 0 unspecified atom stereocenters. The minimum atomic E-state index is -0.271. The molecule has 2 heterocycles. The van der Waals surface area contributed by atoms with Crippen molar-refractivity contribution in [3.05, 3.63) is 59.7 Å². The molecule has 1 aliphatic rings. The molecular formula is C23H21N3O3. The summed E-state index contributed by atoms with van der Waals surface area (Å²) in [5, 5.41) is 10.6. The number of hydrogen-bond acceptors (Lipinski definition) is 4. The van der Waals surface area contributed by atoms with Crippen molar-refractivity contribution in [3.8, 4) is 23.1 Å². The lowest BCUT2D eigenvalue weighted by molar-refractivity contribution is -0.130. The van der Waals surface area contributed by atoms with Crippen LogP contribution in [0.1, 0.15) is 5.56 Å². The van der Waals surface area contributed by atoms with E-state index in [4.69, 9.17) is 9.47 Å². The summed E-state index contributed by atoms with van der Waals surface area (Å²) in [6.07, 6.45) is 1.68. The van der Waals surface area contributed by atoms with Gasteiger partial charge in [0.2, 0.25) is 0 Å². The van der Waals surface area contributed by atoms with Gasteiger partial charge in [0.15, 0.2) is 0 Å². The number of rotatable bonds is 4. The summed E-state index contributed by atoms with van der Waals surface area (Å²) < 4.78 is 10.8. The fraction of sp³-hybridized carbons (Fsp3) is 0.217. The normalized spacial score (nSPS) is 14.6.